The van der Waals surface area contributed by atoms with Crippen molar-refractivity contribution in [3.63, 3.8) is 0 Å². The number of unbranched alkanes of at least 4 members (excludes halogenated alkanes) is 13. The van der Waals surface area contributed by atoms with Crippen molar-refractivity contribution < 1.29 is 71.2 Å². The highest BCUT2D eigenvalue weighted by Crippen LogP contribution is 2.15. The van der Waals surface area contributed by atoms with E-state index < -0.39 is 0 Å². The summed E-state index contributed by atoms with van der Waals surface area (Å²) in [5, 5.41) is 0. The maximum absolute atomic E-state index is 12.0. The summed E-state index contributed by atoms with van der Waals surface area (Å²) >= 11 is 0. The summed E-state index contributed by atoms with van der Waals surface area (Å²) in [6, 6.07) is 0. The van der Waals surface area contributed by atoms with E-state index >= 15 is 0 Å². The molecule has 0 saturated heterocycles. The molecule has 0 aliphatic heterocycles. The molecule has 15 heteroatoms. The summed E-state index contributed by atoms with van der Waals surface area (Å²) in [6.07, 6.45) is 21.1. The fourth-order valence-corrected chi connectivity index (χ4v) is 6.13. The number of esters is 2. The van der Waals surface area contributed by atoms with Crippen molar-refractivity contribution in [2.75, 3.05) is 159 Å². The van der Waals surface area contributed by atoms with Gasteiger partial charge in [0.1, 0.15) is 13.2 Å². The average molecular weight is 911 g/mol. The molecule has 0 spiro atoms. The molecule has 0 aliphatic carbocycles. The zero-order valence-corrected chi connectivity index (χ0v) is 40.4. The van der Waals surface area contributed by atoms with E-state index in [0.29, 0.717) is 152 Å². The predicted octanol–water partition coefficient (Wildman–Crippen LogP) is 7.95. The van der Waals surface area contributed by atoms with Gasteiger partial charge in [-0.2, -0.15) is 0 Å². The summed E-state index contributed by atoms with van der Waals surface area (Å²) in [4.78, 5) is 23.9. The molecule has 0 fully saturated rings. The molecule has 0 heterocycles. The second-order valence-corrected chi connectivity index (χ2v) is 15.4. The molecule has 15 nitrogen and oxygen atoms in total. The number of ether oxygens (including phenoxy) is 13. The third-order valence-electron chi connectivity index (χ3n) is 9.90. The second kappa shape index (κ2) is 54.8. The molecule has 0 bridgehead atoms. The normalized spacial score (nSPS) is 12.0. The minimum absolute atomic E-state index is 0.00819. The van der Waals surface area contributed by atoms with E-state index in [0.717, 1.165) is 38.5 Å². The SMILES string of the molecule is CCCCCCCCCCCCCCCC(=O)OCCOCCOCCOCCOCCOCCOCCOCCOCCOCCOCCOCCOC(=O)C(CC)CCCC. The number of hydrogen-bond donors (Lipinski definition) is 0. The van der Waals surface area contributed by atoms with Crippen molar-refractivity contribution >= 4 is 11.9 Å². The molecule has 0 saturated carbocycles. The lowest BCUT2D eigenvalue weighted by Gasteiger charge is -2.13. The van der Waals surface area contributed by atoms with Crippen LogP contribution in [0, 0.1) is 5.92 Å². The fraction of sp³-hybridized carbons (Fsp3) is 0.958. The predicted molar refractivity (Wildman–Crippen MR) is 245 cm³/mol. The van der Waals surface area contributed by atoms with Crippen LogP contribution in [0.25, 0.3) is 0 Å². The van der Waals surface area contributed by atoms with Crippen LogP contribution >= 0.6 is 0 Å². The van der Waals surface area contributed by atoms with E-state index in [-0.39, 0.29) is 31.1 Å². The van der Waals surface area contributed by atoms with Crippen molar-refractivity contribution in [1.82, 2.24) is 0 Å². The highest BCUT2D eigenvalue weighted by atomic mass is 16.6. The van der Waals surface area contributed by atoms with Crippen LogP contribution in [0.1, 0.15) is 136 Å². The Balaban J connectivity index is 3.17. The molecule has 0 rings (SSSR count). The van der Waals surface area contributed by atoms with E-state index in [1.807, 2.05) is 6.92 Å². The van der Waals surface area contributed by atoms with Gasteiger partial charge >= 0.3 is 11.9 Å². The molecule has 0 N–H and O–H groups in total. The van der Waals surface area contributed by atoms with E-state index in [1.54, 1.807) is 0 Å². The number of rotatable bonds is 55. The minimum atomic E-state index is -0.135. The number of hydrogen-bond acceptors (Lipinski definition) is 15. The highest BCUT2D eigenvalue weighted by molar-refractivity contribution is 5.72. The molecule has 376 valence electrons. The Morgan fingerprint density at radius 1 is 0.302 bits per heavy atom. The van der Waals surface area contributed by atoms with Crippen molar-refractivity contribution in [3.05, 3.63) is 0 Å². The van der Waals surface area contributed by atoms with Gasteiger partial charge in [-0.15, -0.1) is 0 Å². The van der Waals surface area contributed by atoms with Crippen molar-refractivity contribution in [1.29, 1.82) is 0 Å². The average Bonchev–Trinajstić information content (AvgIpc) is 3.29. The highest BCUT2D eigenvalue weighted by Gasteiger charge is 2.17. The first-order chi connectivity index (χ1) is 31.2. The Bertz CT molecular complexity index is 900. The first kappa shape index (κ1) is 61.5. The van der Waals surface area contributed by atoms with Gasteiger partial charge in [0.25, 0.3) is 0 Å². The van der Waals surface area contributed by atoms with Crippen LogP contribution in [0.4, 0.5) is 0 Å². The van der Waals surface area contributed by atoms with Crippen molar-refractivity contribution in [3.8, 4) is 0 Å². The molecule has 0 aliphatic rings. The Labute approximate surface area is 383 Å². The van der Waals surface area contributed by atoms with Crippen LogP contribution in [0.15, 0.2) is 0 Å². The maximum Gasteiger partial charge on any atom is 0.308 e. The fourth-order valence-electron chi connectivity index (χ4n) is 6.13. The third kappa shape index (κ3) is 51.3. The lowest BCUT2D eigenvalue weighted by molar-refractivity contribution is -0.150. The lowest BCUT2D eigenvalue weighted by Crippen LogP contribution is -2.20. The van der Waals surface area contributed by atoms with Crippen LogP contribution in [-0.2, 0) is 71.2 Å². The van der Waals surface area contributed by atoms with Gasteiger partial charge in [0, 0.05) is 6.42 Å². The third-order valence-corrected chi connectivity index (χ3v) is 9.90. The standard InChI is InChI=1S/C48H94O15/c1-4-7-9-10-11-12-13-14-15-16-17-18-19-21-47(49)62-44-42-60-40-38-58-36-34-56-32-30-54-28-26-52-24-22-51-23-25-53-27-29-55-31-33-57-35-37-59-39-41-61-43-45-63-48(50)46(6-3)20-8-5-2/h46H,4-45H2,1-3H3. The molecule has 1 atom stereocenters. The number of carbonyl (C=O) groups is 2. The molecule has 0 aromatic carbocycles. The smallest absolute Gasteiger partial charge is 0.308 e. The summed E-state index contributed by atoms with van der Waals surface area (Å²) in [5.74, 6) is -0.266. The van der Waals surface area contributed by atoms with Crippen molar-refractivity contribution in [2.45, 2.75) is 136 Å². The summed E-state index contributed by atoms with van der Waals surface area (Å²) in [6.45, 7) is 17.3. The van der Waals surface area contributed by atoms with Gasteiger partial charge in [-0.1, -0.05) is 111 Å². The zero-order valence-electron chi connectivity index (χ0n) is 40.4. The van der Waals surface area contributed by atoms with Gasteiger partial charge in [-0.05, 0) is 19.3 Å². The molecule has 1 unspecified atom stereocenters. The van der Waals surface area contributed by atoms with E-state index in [4.69, 9.17) is 61.6 Å². The van der Waals surface area contributed by atoms with Gasteiger partial charge in [0.05, 0.1) is 151 Å². The quantitative estimate of drug-likeness (QED) is 0.0428. The topological polar surface area (TPSA) is 154 Å². The lowest BCUT2D eigenvalue weighted by atomic mass is 10.00. The molecule has 0 amide bonds. The largest absolute Gasteiger partial charge is 0.463 e. The van der Waals surface area contributed by atoms with Gasteiger partial charge in [-0.3, -0.25) is 9.59 Å². The van der Waals surface area contributed by atoms with E-state index in [1.165, 1.54) is 70.6 Å². The first-order valence-electron chi connectivity index (χ1n) is 24.8. The number of carbonyl (C=O) groups excluding carboxylic acids is 2. The molecular weight excluding hydrogens is 817 g/mol. The molecule has 63 heavy (non-hydrogen) atoms. The Morgan fingerprint density at radius 3 is 0.841 bits per heavy atom. The van der Waals surface area contributed by atoms with Crippen LogP contribution in [0.5, 0.6) is 0 Å². The summed E-state index contributed by atoms with van der Waals surface area (Å²) in [5.41, 5.74) is 0. The van der Waals surface area contributed by atoms with Crippen molar-refractivity contribution in [2.24, 2.45) is 5.92 Å². The molecular formula is C48H94O15. The van der Waals surface area contributed by atoms with Crippen LogP contribution in [-0.4, -0.2) is 171 Å². The van der Waals surface area contributed by atoms with Crippen LogP contribution in [0.3, 0.4) is 0 Å². The van der Waals surface area contributed by atoms with Gasteiger partial charge in [0.15, 0.2) is 0 Å². The Kier molecular flexibility index (Phi) is 53.5. The Morgan fingerprint density at radius 2 is 0.556 bits per heavy atom. The first-order valence-corrected chi connectivity index (χ1v) is 24.8. The summed E-state index contributed by atoms with van der Waals surface area (Å²) < 4.78 is 71.1. The van der Waals surface area contributed by atoms with Gasteiger partial charge in [0.2, 0.25) is 0 Å². The monoisotopic (exact) mass is 911 g/mol. The zero-order chi connectivity index (χ0) is 45.6. The molecule has 0 aromatic rings. The second-order valence-electron chi connectivity index (χ2n) is 15.4. The van der Waals surface area contributed by atoms with E-state index in [2.05, 4.69) is 13.8 Å². The molecule has 0 radical (unpaired) electrons. The van der Waals surface area contributed by atoms with Gasteiger partial charge < -0.3 is 61.6 Å². The molecule has 0 aromatic heterocycles. The van der Waals surface area contributed by atoms with Crippen LogP contribution < -0.4 is 0 Å². The Hall–Kier alpha value is -1.50. The minimum Gasteiger partial charge on any atom is -0.463 e. The van der Waals surface area contributed by atoms with Gasteiger partial charge in [-0.25, -0.2) is 0 Å². The van der Waals surface area contributed by atoms with E-state index in [9.17, 15) is 9.59 Å². The maximum atomic E-state index is 12.0. The summed E-state index contributed by atoms with van der Waals surface area (Å²) in [7, 11) is 0. The van der Waals surface area contributed by atoms with Crippen LogP contribution in [0.2, 0.25) is 0 Å².